The van der Waals surface area contributed by atoms with Crippen LogP contribution in [0, 0.1) is 11.6 Å². The van der Waals surface area contributed by atoms with Crippen LogP contribution in [0.2, 0.25) is 0 Å². The summed E-state index contributed by atoms with van der Waals surface area (Å²) >= 11 is 1.28. The van der Waals surface area contributed by atoms with E-state index in [0.29, 0.717) is 10.6 Å². The van der Waals surface area contributed by atoms with E-state index in [2.05, 4.69) is 5.32 Å². The lowest BCUT2D eigenvalue weighted by molar-refractivity contribution is -0.121. The number of nitrogens with one attached hydrogen (secondary N) is 1. The van der Waals surface area contributed by atoms with Gasteiger partial charge < -0.3 is 10.4 Å². The van der Waals surface area contributed by atoms with Crippen LogP contribution in [0.15, 0.2) is 23.1 Å². The topological polar surface area (TPSA) is 49.3 Å². The Hall–Kier alpha value is -1.14. The number of aliphatic hydroxyl groups excluding tert-OH is 1. The minimum Gasteiger partial charge on any atom is -0.392 e. The molecule has 0 saturated heterocycles. The number of aliphatic hydroxyl groups is 1. The van der Waals surface area contributed by atoms with Gasteiger partial charge in [0.1, 0.15) is 0 Å². The number of amides is 1. The zero-order valence-corrected chi connectivity index (χ0v) is 10.8. The molecule has 18 heavy (non-hydrogen) atoms. The van der Waals surface area contributed by atoms with Crippen molar-refractivity contribution < 1.29 is 18.7 Å². The summed E-state index contributed by atoms with van der Waals surface area (Å²) in [5.41, 5.74) is 0. The van der Waals surface area contributed by atoms with Crippen LogP contribution >= 0.6 is 11.8 Å². The standard InChI is InChI=1S/C12H15F2NO2S/c1-8(16)7-15-12(17)4-5-18-9-2-3-10(13)11(14)6-9/h2-3,6,8,16H,4-5,7H2,1H3,(H,15,17)/t8-/m1/s1. The van der Waals surface area contributed by atoms with Crippen LogP contribution in [-0.2, 0) is 4.79 Å². The van der Waals surface area contributed by atoms with E-state index in [0.717, 1.165) is 12.1 Å². The Bertz CT molecular complexity index is 413. The first-order valence-corrected chi connectivity index (χ1v) is 6.50. The number of halogens is 2. The van der Waals surface area contributed by atoms with Crippen molar-refractivity contribution in [1.82, 2.24) is 5.32 Å². The van der Waals surface area contributed by atoms with Crippen molar-refractivity contribution in [2.24, 2.45) is 0 Å². The SMILES string of the molecule is C[C@@H](O)CNC(=O)CCSc1ccc(F)c(F)c1. The van der Waals surface area contributed by atoms with Crippen LogP contribution < -0.4 is 5.32 Å². The summed E-state index contributed by atoms with van der Waals surface area (Å²) in [6, 6.07) is 3.63. The first kappa shape index (κ1) is 14.9. The van der Waals surface area contributed by atoms with Gasteiger partial charge in [0, 0.05) is 23.6 Å². The summed E-state index contributed by atoms with van der Waals surface area (Å²) in [6.45, 7) is 1.80. The molecule has 2 N–H and O–H groups in total. The number of carbonyl (C=O) groups is 1. The molecular formula is C12H15F2NO2S. The van der Waals surface area contributed by atoms with Gasteiger partial charge in [0.05, 0.1) is 6.10 Å². The summed E-state index contributed by atoms with van der Waals surface area (Å²) in [6.07, 6.45) is -0.316. The molecule has 0 heterocycles. The number of hydrogen-bond donors (Lipinski definition) is 2. The second-order valence-corrected chi connectivity index (χ2v) is 5.00. The van der Waals surface area contributed by atoms with Crippen LogP contribution in [0.1, 0.15) is 13.3 Å². The van der Waals surface area contributed by atoms with Crippen LogP contribution in [0.25, 0.3) is 0 Å². The zero-order chi connectivity index (χ0) is 13.5. The van der Waals surface area contributed by atoms with Gasteiger partial charge in [0.25, 0.3) is 0 Å². The monoisotopic (exact) mass is 275 g/mol. The van der Waals surface area contributed by atoms with Gasteiger partial charge in [-0.1, -0.05) is 0 Å². The number of rotatable bonds is 6. The van der Waals surface area contributed by atoms with Gasteiger partial charge in [-0.05, 0) is 25.1 Å². The first-order chi connectivity index (χ1) is 8.49. The molecule has 0 unspecified atom stereocenters. The van der Waals surface area contributed by atoms with Crippen molar-refractivity contribution in [1.29, 1.82) is 0 Å². The molecule has 6 heteroatoms. The second-order valence-electron chi connectivity index (χ2n) is 3.83. The third kappa shape index (κ3) is 5.46. The predicted octanol–water partition coefficient (Wildman–Crippen LogP) is 1.94. The van der Waals surface area contributed by atoms with E-state index >= 15 is 0 Å². The molecule has 0 bridgehead atoms. The normalized spacial score (nSPS) is 12.2. The van der Waals surface area contributed by atoms with Gasteiger partial charge in [-0.15, -0.1) is 11.8 Å². The molecule has 0 aliphatic rings. The maximum absolute atomic E-state index is 12.9. The van der Waals surface area contributed by atoms with Crippen LogP contribution in [0.4, 0.5) is 8.78 Å². The highest BCUT2D eigenvalue weighted by Gasteiger charge is 2.05. The van der Waals surface area contributed by atoms with Crippen molar-refractivity contribution in [2.75, 3.05) is 12.3 Å². The maximum atomic E-state index is 12.9. The molecule has 1 aromatic rings. The van der Waals surface area contributed by atoms with Gasteiger partial charge in [0.15, 0.2) is 11.6 Å². The van der Waals surface area contributed by atoms with Gasteiger partial charge in [-0.3, -0.25) is 4.79 Å². The Kier molecular flexibility index (Phi) is 6.07. The fourth-order valence-electron chi connectivity index (χ4n) is 1.18. The molecule has 1 aromatic carbocycles. The minimum atomic E-state index is -0.890. The fraction of sp³-hybridized carbons (Fsp3) is 0.417. The highest BCUT2D eigenvalue weighted by molar-refractivity contribution is 7.99. The van der Waals surface area contributed by atoms with Crippen molar-refractivity contribution >= 4 is 17.7 Å². The average molecular weight is 275 g/mol. The van der Waals surface area contributed by atoms with Crippen LogP contribution in [0.5, 0.6) is 0 Å². The predicted molar refractivity (Wildman–Crippen MR) is 66.4 cm³/mol. The molecule has 0 radical (unpaired) electrons. The highest BCUT2D eigenvalue weighted by atomic mass is 32.2. The largest absolute Gasteiger partial charge is 0.392 e. The summed E-state index contributed by atoms with van der Waals surface area (Å²) in [4.78, 5) is 11.9. The van der Waals surface area contributed by atoms with E-state index in [-0.39, 0.29) is 18.9 Å². The third-order valence-electron chi connectivity index (χ3n) is 2.08. The van der Waals surface area contributed by atoms with Crippen molar-refractivity contribution in [3.63, 3.8) is 0 Å². The lowest BCUT2D eigenvalue weighted by Gasteiger charge is -2.07. The van der Waals surface area contributed by atoms with E-state index in [1.165, 1.54) is 17.8 Å². The van der Waals surface area contributed by atoms with Gasteiger partial charge >= 0.3 is 0 Å². The highest BCUT2D eigenvalue weighted by Crippen LogP contribution is 2.20. The van der Waals surface area contributed by atoms with Gasteiger partial charge in [0.2, 0.25) is 5.91 Å². The van der Waals surface area contributed by atoms with Gasteiger partial charge in [-0.25, -0.2) is 8.78 Å². The zero-order valence-electron chi connectivity index (χ0n) is 9.95. The molecule has 3 nitrogen and oxygen atoms in total. The Morgan fingerprint density at radius 3 is 2.78 bits per heavy atom. The first-order valence-electron chi connectivity index (χ1n) is 5.51. The number of thioether (sulfide) groups is 1. The Labute approximate surface area is 109 Å². The molecule has 100 valence electrons. The van der Waals surface area contributed by atoms with E-state index in [4.69, 9.17) is 5.11 Å². The molecule has 0 spiro atoms. The van der Waals surface area contributed by atoms with E-state index in [1.54, 1.807) is 6.92 Å². The molecule has 0 fully saturated rings. The fourth-order valence-corrected chi connectivity index (χ4v) is 2.05. The van der Waals surface area contributed by atoms with Crippen LogP contribution in [0.3, 0.4) is 0 Å². The maximum Gasteiger partial charge on any atom is 0.220 e. The quantitative estimate of drug-likeness (QED) is 0.780. The molecule has 1 atom stereocenters. The summed E-state index contributed by atoms with van der Waals surface area (Å²) in [7, 11) is 0. The average Bonchev–Trinajstić information content (AvgIpc) is 2.31. The Morgan fingerprint density at radius 1 is 1.44 bits per heavy atom. The Balaban J connectivity index is 2.28. The van der Waals surface area contributed by atoms with Crippen molar-refractivity contribution in [2.45, 2.75) is 24.3 Å². The number of benzene rings is 1. The lowest BCUT2D eigenvalue weighted by atomic mass is 10.3. The summed E-state index contributed by atoms with van der Waals surface area (Å²) < 4.78 is 25.5. The third-order valence-corrected chi connectivity index (χ3v) is 3.08. The Morgan fingerprint density at radius 2 is 2.17 bits per heavy atom. The molecule has 0 aliphatic carbocycles. The smallest absolute Gasteiger partial charge is 0.220 e. The lowest BCUT2D eigenvalue weighted by Crippen LogP contribution is -2.30. The molecule has 0 aliphatic heterocycles. The second kappa shape index (κ2) is 7.33. The van der Waals surface area contributed by atoms with Crippen molar-refractivity contribution in [3.05, 3.63) is 29.8 Å². The molecule has 0 saturated carbocycles. The summed E-state index contributed by atoms with van der Waals surface area (Å²) in [5, 5.41) is 11.5. The van der Waals surface area contributed by atoms with E-state index in [9.17, 15) is 13.6 Å². The molecule has 1 amide bonds. The minimum absolute atomic E-state index is 0.175. The van der Waals surface area contributed by atoms with E-state index in [1.807, 2.05) is 0 Å². The van der Waals surface area contributed by atoms with Crippen molar-refractivity contribution in [3.8, 4) is 0 Å². The van der Waals surface area contributed by atoms with Gasteiger partial charge in [-0.2, -0.15) is 0 Å². The molecular weight excluding hydrogens is 260 g/mol. The van der Waals surface area contributed by atoms with E-state index < -0.39 is 17.7 Å². The summed E-state index contributed by atoms with van der Waals surface area (Å²) in [5.74, 6) is -1.48. The number of carbonyl (C=O) groups excluding carboxylic acids is 1. The molecule has 1 rings (SSSR count). The number of hydrogen-bond acceptors (Lipinski definition) is 3. The van der Waals surface area contributed by atoms with Crippen LogP contribution in [-0.4, -0.2) is 29.4 Å². The molecule has 0 aromatic heterocycles.